The largest absolute Gasteiger partial charge is 0.399 e. The highest BCUT2D eigenvalue weighted by Crippen LogP contribution is 2.20. The summed E-state index contributed by atoms with van der Waals surface area (Å²) in [6.45, 7) is 0.776. The minimum Gasteiger partial charge on any atom is -0.399 e. The lowest BCUT2D eigenvalue weighted by Gasteiger charge is -2.07. The molecule has 19 heavy (non-hydrogen) atoms. The van der Waals surface area contributed by atoms with Crippen molar-refractivity contribution in [1.82, 2.24) is 19.9 Å². The Morgan fingerprint density at radius 3 is 3.05 bits per heavy atom. The number of nitrogens with zero attached hydrogens (tertiary/aromatic N) is 3. The van der Waals surface area contributed by atoms with Crippen molar-refractivity contribution in [3.05, 3.63) is 42.7 Å². The van der Waals surface area contributed by atoms with Crippen LogP contribution in [0, 0.1) is 0 Å². The molecular formula is C13H14N6. The lowest BCUT2D eigenvalue weighted by molar-refractivity contribution is 0.968. The molecule has 0 aliphatic carbocycles. The summed E-state index contributed by atoms with van der Waals surface area (Å²) in [5, 5.41) is 4.28. The highest BCUT2D eigenvalue weighted by molar-refractivity contribution is 5.90. The number of hydrogen-bond donors (Lipinski definition) is 3. The standard InChI is InChI=1S/C13H14N6/c14-9-1-2-11-12(5-9)18-8-19-13(11)16-4-3-10-6-15-7-17-10/h1-2,5-8H,3-4,14H2,(H,15,17)(H,16,18,19). The Bertz CT molecular complexity index is 677. The van der Waals surface area contributed by atoms with Crippen LogP contribution in [0.5, 0.6) is 0 Å². The molecule has 0 radical (unpaired) electrons. The number of rotatable bonds is 4. The van der Waals surface area contributed by atoms with Gasteiger partial charge in [0.2, 0.25) is 0 Å². The first-order chi connectivity index (χ1) is 9.33. The van der Waals surface area contributed by atoms with Crippen LogP contribution in [0.1, 0.15) is 5.69 Å². The van der Waals surface area contributed by atoms with Gasteiger partial charge in [0.15, 0.2) is 0 Å². The van der Waals surface area contributed by atoms with Gasteiger partial charge in [-0.3, -0.25) is 0 Å². The first-order valence-electron chi connectivity index (χ1n) is 6.04. The van der Waals surface area contributed by atoms with Crippen LogP contribution in [0.3, 0.4) is 0 Å². The Balaban J connectivity index is 1.77. The number of nitrogens with one attached hydrogen (secondary N) is 2. The molecule has 6 heteroatoms. The van der Waals surface area contributed by atoms with E-state index in [1.54, 1.807) is 12.7 Å². The lowest BCUT2D eigenvalue weighted by atomic mass is 10.2. The normalized spacial score (nSPS) is 10.7. The van der Waals surface area contributed by atoms with Crippen LogP contribution in [-0.4, -0.2) is 26.5 Å². The number of nitrogen functional groups attached to an aromatic ring is 1. The molecule has 0 amide bonds. The third-order valence-corrected chi connectivity index (χ3v) is 2.90. The van der Waals surface area contributed by atoms with Crippen LogP contribution in [-0.2, 0) is 6.42 Å². The van der Waals surface area contributed by atoms with E-state index >= 15 is 0 Å². The quantitative estimate of drug-likeness (QED) is 0.615. The molecule has 0 fully saturated rings. The predicted octanol–water partition coefficient (Wildman–Crippen LogP) is 1.59. The fourth-order valence-electron chi connectivity index (χ4n) is 1.95. The summed E-state index contributed by atoms with van der Waals surface area (Å²) in [5.41, 5.74) is 8.39. The fraction of sp³-hybridized carbons (Fsp3) is 0.154. The highest BCUT2D eigenvalue weighted by atomic mass is 15.0. The lowest BCUT2D eigenvalue weighted by Crippen LogP contribution is -2.07. The molecule has 0 unspecified atom stereocenters. The highest BCUT2D eigenvalue weighted by Gasteiger charge is 2.03. The second kappa shape index (κ2) is 4.93. The number of fused-ring (bicyclic) bond motifs is 1. The summed E-state index contributed by atoms with van der Waals surface area (Å²) < 4.78 is 0. The van der Waals surface area contributed by atoms with Gasteiger partial charge in [0.05, 0.1) is 11.8 Å². The molecule has 3 aromatic rings. The van der Waals surface area contributed by atoms with Gasteiger partial charge in [-0.15, -0.1) is 0 Å². The summed E-state index contributed by atoms with van der Waals surface area (Å²) in [5.74, 6) is 0.824. The summed E-state index contributed by atoms with van der Waals surface area (Å²) in [4.78, 5) is 15.5. The van der Waals surface area contributed by atoms with Crippen LogP contribution >= 0.6 is 0 Å². The van der Waals surface area contributed by atoms with Gasteiger partial charge in [0.25, 0.3) is 0 Å². The number of aromatic amines is 1. The fourth-order valence-corrected chi connectivity index (χ4v) is 1.95. The monoisotopic (exact) mass is 254 g/mol. The van der Waals surface area contributed by atoms with Crippen molar-refractivity contribution < 1.29 is 0 Å². The number of imidazole rings is 1. The molecule has 2 heterocycles. The van der Waals surface area contributed by atoms with Crippen molar-refractivity contribution in [2.75, 3.05) is 17.6 Å². The topological polar surface area (TPSA) is 92.5 Å². The maximum absolute atomic E-state index is 5.75. The van der Waals surface area contributed by atoms with E-state index < -0.39 is 0 Å². The van der Waals surface area contributed by atoms with Crippen LogP contribution in [0.15, 0.2) is 37.1 Å². The van der Waals surface area contributed by atoms with E-state index in [1.165, 1.54) is 0 Å². The van der Waals surface area contributed by atoms with E-state index in [0.717, 1.165) is 35.4 Å². The van der Waals surface area contributed by atoms with Gasteiger partial charge in [-0.05, 0) is 18.2 Å². The molecule has 2 aromatic heterocycles. The second-order valence-corrected chi connectivity index (χ2v) is 4.25. The molecule has 0 bridgehead atoms. The Morgan fingerprint density at radius 2 is 2.21 bits per heavy atom. The average Bonchev–Trinajstić information content (AvgIpc) is 2.92. The zero-order valence-corrected chi connectivity index (χ0v) is 10.3. The van der Waals surface area contributed by atoms with E-state index in [9.17, 15) is 0 Å². The Morgan fingerprint density at radius 1 is 1.26 bits per heavy atom. The molecule has 0 aliphatic heterocycles. The number of H-pyrrole nitrogens is 1. The van der Waals surface area contributed by atoms with Crippen molar-refractivity contribution >= 4 is 22.4 Å². The predicted molar refractivity (Wildman–Crippen MR) is 74.7 cm³/mol. The Labute approximate surface area is 110 Å². The third kappa shape index (κ3) is 2.47. The molecule has 0 atom stereocenters. The molecule has 0 saturated heterocycles. The number of benzene rings is 1. The maximum atomic E-state index is 5.75. The summed E-state index contributed by atoms with van der Waals surface area (Å²) >= 11 is 0. The van der Waals surface area contributed by atoms with Crippen molar-refractivity contribution in [1.29, 1.82) is 0 Å². The van der Waals surface area contributed by atoms with Crippen LogP contribution in [0.25, 0.3) is 10.9 Å². The van der Waals surface area contributed by atoms with E-state index in [2.05, 4.69) is 25.3 Å². The average molecular weight is 254 g/mol. The van der Waals surface area contributed by atoms with Gasteiger partial charge in [0.1, 0.15) is 12.1 Å². The number of hydrogen-bond acceptors (Lipinski definition) is 5. The zero-order chi connectivity index (χ0) is 13.1. The molecule has 96 valence electrons. The molecule has 6 nitrogen and oxygen atoms in total. The summed E-state index contributed by atoms with van der Waals surface area (Å²) in [6.07, 6.45) is 5.90. The van der Waals surface area contributed by atoms with Gasteiger partial charge >= 0.3 is 0 Å². The molecule has 4 N–H and O–H groups in total. The second-order valence-electron chi connectivity index (χ2n) is 4.25. The van der Waals surface area contributed by atoms with E-state index in [1.807, 2.05) is 24.4 Å². The first kappa shape index (κ1) is 11.5. The number of aromatic nitrogens is 4. The molecule has 0 aliphatic rings. The van der Waals surface area contributed by atoms with Gasteiger partial charge in [0, 0.05) is 35.9 Å². The minimum atomic E-state index is 0.703. The third-order valence-electron chi connectivity index (χ3n) is 2.90. The Kier molecular flexibility index (Phi) is 2.97. The van der Waals surface area contributed by atoms with Crippen molar-refractivity contribution in [2.24, 2.45) is 0 Å². The van der Waals surface area contributed by atoms with Gasteiger partial charge in [-0.25, -0.2) is 15.0 Å². The summed E-state index contributed by atoms with van der Waals surface area (Å²) in [7, 11) is 0. The van der Waals surface area contributed by atoms with Crippen molar-refractivity contribution in [3.8, 4) is 0 Å². The van der Waals surface area contributed by atoms with Gasteiger partial charge in [-0.1, -0.05) is 0 Å². The summed E-state index contributed by atoms with van der Waals surface area (Å²) in [6, 6.07) is 5.63. The first-order valence-corrected chi connectivity index (χ1v) is 6.04. The van der Waals surface area contributed by atoms with Crippen molar-refractivity contribution in [3.63, 3.8) is 0 Å². The Hall–Kier alpha value is -2.63. The van der Waals surface area contributed by atoms with Gasteiger partial charge < -0.3 is 16.0 Å². The molecule has 3 rings (SSSR count). The maximum Gasteiger partial charge on any atom is 0.137 e. The van der Waals surface area contributed by atoms with Crippen LogP contribution < -0.4 is 11.1 Å². The molecule has 1 aromatic carbocycles. The van der Waals surface area contributed by atoms with E-state index in [4.69, 9.17) is 5.73 Å². The van der Waals surface area contributed by atoms with Gasteiger partial charge in [-0.2, -0.15) is 0 Å². The van der Waals surface area contributed by atoms with E-state index in [0.29, 0.717) is 5.69 Å². The van der Waals surface area contributed by atoms with Crippen LogP contribution in [0.4, 0.5) is 11.5 Å². The molecular weight excluding hydrogens is 240 g/mol. The van der Waals surface area contributed by atoms with E-state index in [-0.39, 0.29) is 0 Å². The SMILES string of the molecule is Nc1ccc2c(NCCc3cnc[nH]3)ncnc2c1. The zero-order valence-electron chi connectivity index (χ0n) is 10.3. The molecule has 0 saturated carbocycles. The molecule has 0 spiro atoms. The number of nitrogens with two attached hydrogens (primary N) is 1. The van der Waals surface area contributed by atoms with Crippen molar-refractivity contribution in [2.45, 2.75) is 6.42 Å². The number of anilines is 2. The van der Waals surface area contributed by atoms with Crippen LogP contribution in [0.2, 0.25) is 0 Å². The smallest absolute Gasteiger partial charge is 0.137 e. The minimum absolute atomic E-state index is 0.703.